The molecule has 0 aliphatic carbocycles. The van der Waals surface area contributed by atoms with Gasteiger partial charge in [0.15, 0.2) is 0 Å². The molecule has 0 saturated heterocycles. The van der Waals surface area contributed by atoms with Crippen LogP contribution in [0.4, 0.5) is 0 Å². The van der Waals surface area contributed by atoms with Gasteiger partial charge >= 0.3 is 7.60 Å². The Morgan fingerprint density at radius 1 is 1.21 bits per heavy atom. The van der Waals surface area contributed by atoms with Crippen LogP contribution in [0.25, 0.3) is 10.1 Å². The number of thiophene rings is 1. The van der Waals surface area contributed by atoms with Gasteiger partial charge in [-0.15, -0.1) is 11.3 Å². The van der Waals surface area contributed by atoms with Crippen LogP contribution in [-0.2, 0) is 14.6 Å². The summed E-state index contributed by atoms with van der Waals surface area (Å²) in [6.07, 6.45) is -0.830. The summed E-state index contributed by atoms with van der Waals surface area (Å²) in [5.74, 6) is 0.442. The van der Waals surface area contributed by atoms with Gasteiger partial charge in [-0.25, -0.2) is 13.0 Å². The highest BCUT2D eigenvalue weighted by atomic mass is 79.9. The molecule has 3 rings (SSSR count). The van der Waals surface area contributed by atoms with Crippen molar-refractivity contribution in [1.29, 1.82) is 0 Å². The predicted octanol–water partition coefficient (Wildman–Crippen LogP) is 5.48. The third-order valence-electron chi connectivity index (χ3n) is 3.65. The molecule has 2 aromatic carbocycles. The lowest BCUT2D eigenvalue weighted by molar-refractivity contribution is 0.374. The van der Waals surface area contributed by atoms with Gasteiger partial charge in [0.25, 0.3) is 10.0 Å². The second-order valence-corrected chi connectivity index (χ2v) is 12.2. The van der Waals surface area contributed by atoms with Gasteiger partial charge < -0.3 is 14.2 Å². The Morgan fingerprint density at radius 3 is 2.55 bits per heavy atom. The van der Waals surface area contributed by atoms with E-state index in [1.807, 2.05) is 0 Å². The number of benzene rings is 2. The van der Waals surface area contributed by atoms with Crippen molar-refractivity contribution >= 4 is 78.2 Å². The van der Waals surface area contributed by atoms with Gasteiger partial charge in [0.05, 0.1) is 21.3 Å². The molecule has 13 heteroatoms. The smallest absolute Gasteiger partial charge is 0.391 e. The lowest BCUT2D eigenvalue weighted by atomic mass is 10.3. The highest BCUT2D eigenvalue weighted by Gasteiger charge is 2.27. The zero-order chi connectivity index (χ0) is 21.4. The number of nitrogens with one attached hydrogen (secondary N) is 1. The molecule has 1 heterocycles. The van der Waals surface area contributed by atoms with Crippen LogP contribution in [0.15, 0.2) is 45.1 Å². The van der Waals surface area contributed by atoms with E-state index in [1.54, 1.807) is 18.2 Å². The maximum Gasteiger partial charge on any atom is 0.391 e. The van der Waals surface area contributed by atoms with Gasteiger partial charge in [-0.3, -0.25) is 0 Å². The highest BCUT2D eigenvalue weighted by Crippen LogP contribution is 2.44. The minimum Gasteiger partial charge on any atom is -0.495 e. The summed E-state index contributed by atoms with van der Waals surface area (Å²) in [5.41, 5.74) is 0. The summed E-state index contributed by atoms with van der Waals surface area (Å²) in [6, 6.07) is 8.90. The van der Waals surface area contributed by atoms with Gasteiger partial charge in [-0.2, -0.15) is 4.72 Å². The van der Waals surface area contributed by atoms with Crippen molar-refractivity contribution in [3.05, 3.63) is 50.9 Å². The number of halogens is 3. The molecule has 3 aromatic rings. The molecule has 2 N–H and O–H groups in total. The quantitative estimate of drug-likeness (QED) is 0.371. The Labute approximate surface area is 189 Å². The van der Waals surface area contributed by atoms with Crippen LogP contribution < -0.4 is 14.0 Å². The van der Waals surface area contributed by atoms with Crippen LogP contribution in [0.3, 0.4) is 0 Å². The van der Waals surface area contributed by atoms with Crippen LogP contribution in [0.1, 0.15) is 0 Å². The fraction of sp³-hybridized carbons (Fsp3) is 0.125. The summed E-state index contributed by atoms with van der Waals surface area (Å²) in [4.78, 5) is 10.1. The molecule has 0 aliphatic heterocycles. The standard InChI is InChI=1S/C16H13BrCl2NO6PS2/c1-25-14-6-9(2-3-11(14)17)26-27(21,22)8-20-29(23,24)15-7-10-12(18)4-5-13(19)16(10)28-15/h2-7,20H,8H2,1H3,(H,21,22). The summed E-state index contributed by atoms with van der Waals surface area (Å²) in [5, 5.41) is 1.19. The lowest BCUT2D eigenvalue weighted by Gasteiger charge is -2.15. The van der Waals surface area contributed by atoms with E-state index < -0.39 is 23.9 Å². The molecule has 7 nitrogen and oxygen atoms in total. The van der Waals surface area contributed by atoms with E-state index in [1.165, 1.54) is 25.3 Å². The molecule has 1 aromatic heterocycles. The monoisotopic (exact) mass is 559 g/mol. The summed E-state index contributed by atoms with van der Waals surface area (Å²) in [6.45, 7) is 0. The van der Waals surface area contributed by atoms with Crippen LogP contribution in [-0.4, -0.2) is 26.7 Å². The van der Waals surface area contributed by atoms with Crippen molar-refractivity contribution in [1.82, 2.24) is 4.72 Å². The minimum absolute atomic E-state index is 0.0514. The fourth-order valence-electron chi connectivity index (χ4n) is 2.30. The first-order chi connectivity index (χ1) is 13.5. The highest BCUT2D eigenvalue weighted by molar-refractivity contribution is 9.10. The van der Waals surface area contributed by atoms with E-state index in [4.69, 9.17) is 32.5 Å². The number of ether oxygens (including phenoxy) is 1. The first-order valence-electron chi connectivity index (χ1n) is 7.74. The summed E-state index contributed by atoms with van der Waals surface area (Å²) >= 11 is 16.3. The zero-order valence-corrected chi connectivity index (χ0v) is 20.2. The maximum atomic E-state index is 12.6. The number of hydrogen-bond donors (Lipinski definition) is 2. The van der Waals surface area contributed by atoms with E-state index in [2.05, 4.69) is 20.7 Å². The third kappa shape index (κ3) is 5.26. The first kappa shape index (κ1) is 22.8. The summed E-state index contributed by atoms with van der Waals surface area (Å²) < 4.78 is 50.8. The maximum absolute atomic E-state index is 12.6. The second kappa shape index (κ2) is 8.72. The van der Waals surface area contributed by atoms with Crippen molar-refractivity contribution in [2.24, 2.45) is 0 Å². The molecular weight excluding hydrogens is 548 g/mol. The van der Waals surface area contributed by atoms with Crippen molar-refractivity contribution in [3.63, 3.8) is 0 Å². The molecule has 0 aliphatic rings. The SMILES string of the molecule is COc1cc(OP(=O)(O)CNS(=O)(=O)c2cc3c(Cl)ccc(Cl)c3s2)ccc1Br. The normalized spacial score (nSPS) is 14.0. The second-order valence-electron chi connectivity index (χ2n) is 5.67. The van der Waals surface area contributed by atoms with Gasteiger partial charge in [0.1, 0.15) is 22.0 Å². The Balaban J connectivity index is 1.78. The Bertz CT molecular complexity index is 1190. The molecule has 1 unspecified atom stereocenters. The number of hydrogen-bond acceptors (Lipinski definition) is 6. The predicted molar refractivity (Wildman–Crippen MR) is 118 cm³/mol. The molecule has 156 valence electrons. The van der Waals surface area contributed by atoms with Gasteiger partial charge in [-0.1, -0.05) is 23.2 Å². The Hall–Kier alpha value is -0.840. The molecular formula is C16H13BrCl2NO6PS2. The van der Waals surface area contributed by atoms with Crippen molar-refractivity contribution in [2.75, 3.05) is 13.4 Å². The average molecular weight is 561 g/mol. The number of fused-ring (bicyclic) bond motifs is 1. The Morgan fingerprint density at radius 2 is 1.90 bits per heavy atom. The summed E-state index contributed by atoms with van der Waals surface area (Å²) in [7, 11) is -7.00. The third-order valence-corrected chi connectivity index (χ3v) is 9.37. The molecule has 29 heavy (non-hydrogen) atoms. The molecule has 0 amide bonds. The molecule has 0 bridgehead atoms. The van der Waals surface area contributed by atoms with Crippen LogP contribution >= 0.6 is 58.1 Å². The van der Waals surface area contributed by atoms with Crippen molar-refractivity contribution in [2.45, 2.75) is 4.21 Å². The van der Waals surface area contributed by atoms with Crippen LogP contribution in [0.5, 0.6) is 11.5 Å². The molecule has 1 atom stereocenters. The van der Waals surface area contributed by atoms with E-state index >= 15 is 0 Å². The van der Waals surface area contributed by atoms with Crippen molar-refractivity contribution < 1.29 is 27.1 Å². The first-order valence-corrected chi connectivity index (χ1v) is 13.4. The molecule has 0 fully saturated rings. The molecule has 0 saturated carbocycles. The van der Waals surface area contributed by atoms with Gasteiger partial charge in [0, 0.05) is 16.5 Å². The van der Waals surface area contributed by atoms with Gasteiger partial charge in [0.2, 0.25) is 0 Å². The topological polar surface area (TPSA) is 102 Å². The number of methoxy groups -OCH3 is 1. The molecule has 0 radical (unpaired) electrons. The zero-order valence-electron chi connectivity index (χ0n) is 14.6. The largest absolute Gasteiger partial charge is 0.495 e. The fourth-order valence-corrected chi connectivity index (χ4v) is 7.20. The van der Waals surface area contributed by atoms with Gasteiger partial charge in [-0.05, 0) is 46.3 Å². The van der Waals surface area contributed by atoms with Crippen LogP contribution in [0, 0.1) is 0 Å². The average Bonchev–Trinajstić information content (AvgIpc) is 3.13. The van der Waals surface area contributed by atoms with E-state index in [0.29, 0.717) is 30.4 Å². The lowest BCUT2D eigenvalue weighted by Crippen LogP contribution is -2.25. The van der Waals surface area contributed by atoms with E-state index in [-0.39, 0.29) is 9.96 Å². The number of rotatable bonds is 7. The number of sulfonamides is 1. The minimum atomic E-state index is -4.34. The van der Waals surface area contributed by atoms with Crippen molar-refractivity contribution in [3.8, 4) is 11.5 Å². The molecule has 0 spiro atoms. The van der Waals surface area contributed by atoms with Crippen LogP contribution in [0.2, 0.25) is 10.0 Å². The van der Waals surface area contributed by atoms with E-state index in [0.717, 1.165) is 11.3 Å². The Kier molecular flexibility index (Phi) is 6.87. The van der Waals surface area contributed by atoms with E-state index in [9.17, 15) is 17.9 Å².